The van der Waals surface area contributed by atoms with Crippen LogP contribution < -0.4 is 14.8 Å². The zero-order valence-electron chi connectivity index (χ0n) is 11.4. The second-order valence-corrected chi connectivity index (χ2v) is 4.13. The Morgan fingerprint density at radius 1 is 1.21 bits per heavy atom. The van der Waals surface area contributed by atoms with E-state index in [2.05, 4.69) is 20.3 Å². The largest absolute Gasteiger partial charge is 0.464 e. The molecule has 0 aliphatic carbocycles. The van der Waals surface area contributed by atoms with Crippen molar-refractivity contribution in [2.75, 3.05) is 31.7 Å². The van der Waals surface area contributed by atoms with Crippen LogP contribution in [0.15, 0.2) is 0 Å². The van der Waals surface area contributed by atoms with Gasteiger partial charge in [-0.05, 0) is 26.7 Å². The van der Waals surface area contributed by atoms with Gasteiger partial charge >= 0.3 is 12.0 Å². The molecule has 1 unspecified atom stereocenters. The van der Waals surface area contributed by atoms with Crippen LogP contribution in [0.3, 0.4) is 0 Å². The SMILES string of the molecule is CCNc1nc(OCC)nc(OCC2CCCO2)n1. The van der Waals surface area contributed by atoms with Gasteiger partial charge < -0.3 is 19.5 Å². The molecule has 0 radical (unpaired) electrons. The average molecular weight is 268 g/mol. The first-order valence-electron chi connectivity index (χ1n) is 6.69. The summed E-state index contributed by atoms with van der Waals surface area (Å²) in [6.45, 7) is 6.33. The fraction of sp³-hybridized carbons (Fsp3) is 0.750. The quantitative estimate of drug-likeness (QED) is 0.797. The van der Waals surface area contributed by atoms with Gasteiger partial charge in [-0.3, -0.25) is 0 Å². The lowest BCUT2D eigenvalue weighted by atomic mass is 10.2. The Hall–Kier alpha value is -1.63. The van der Waals surface area contributed by atoms with Gasteiger partial charge in [0, 0.05) is 13.2 Å². The zero-order valence-corrected chi connectivity index (χ0v) is 11.4. The van der Waals surface area contributed by atoms with E-state index >= 15 is 0 Å². The molecule has 19 heavy (non-hydrogen) atoms. The molecule has 1 saturated heterocycles. The van der Waals surface area contributed by atoms with Gasteiger partial charge in [0.1, 0.15) is 6.61 Å². The molecule has 0 bridgehead atoms. The summed E-state index contributed by atoms with van der Waals surface area (Å²) in [5, 5.41) is 3.02. The molecule has 1 aliphatic heterocycles. The van der Waals surface area contributed by atoms with Crippen LogP contribution in [0.5, 0.6) is 12.0 Å². The summed E-state index contributed by atoms with van der Waals surface area (Å²) in [5.41, 5.74) is 0. The van der Waals surface area contributed by atoms with Gasteiger partial charge in [0.05, 0.1) is 12.7 Å². The van der Waals surface area contributed by atoms with E-state index in [1.807, 2.05) is 13.8 Å². The fourth-order valence-corrected chi connectivity index (χ4v) is 1.78. The molecule has 1 atom stereocenters. The van der Waals surface area contributed by atoms with Gasteiger partial charge in [0.2, 0.25) is 5.95 Å². The number of nitrogens with one attached hydrogen (secondary N) is 1. The molecule has 1 aromatic heterocycles. The molecule has 0 amide bonds. The van der Waals surface area contributed by atoms with E-state index in [1.165, 1.54) is 0 Å². The maximum absolute atomic E-state index is 5.56. The van der Waals surface area contributed by atoms with Gasteiger partial charge in [0.15, 0.2) is 0 Å². The molecule has 0 spiro atoms. The lowest BCUT2D eigenvalue weighted by Crippen LogP contribution is -2.18. The van der Waals surface area contributed by atoms with Gasteiger partial charge in [0.25, 0.3) is 0 Å². The molecule has 7 nitrogen and oxygen atoms in total. The predicted octanol–water partition coefficient (Wildman–Crippen LogP) is 1.26. The summed E-state index contributed by atoms with van der Waals surface area (Å²) in [5.74, 6) is 0.461. The number of nitrogens with zero attached hydrogens (tertiary/aromatic N) is 3. The standard InChI is InChI=1S/C12H20N4O3/c1-3-13-10-14-11(17-4-2)16-12(15-10)19-8-9-6-5-7-18-9/h9H,3-8H2,1-2H3,(H,13,14,15,16). The molecular formula is C12H20N4O3. The van der Waals surface area contributed by atoms with E-state index < -0.39 is 0 Å². The van der Waals surface area contributed by atoms with Gasteiger partial charge in [-0.1, -0.05) is 0 Å². The zero-order chi connectivity index (χ0) is 13.5. The highest BCUT2D eigenvalue weighted by molar-refractivity contribution is 5.27. The monoisotopic (exact) mass is 268 g/mol. The predicted molar refractivity (Wildman–Crippen MR) is 69.6 cm³/mol. The molecule has 0 saturated carbocycles. The molecular weight excluding hydrogens is 248 g/mol. The summed E-state index contributed by atoms with van der Waals surface area (Å²) < 4.78 is 16.3. The van der Waals surface area contributed by atoms with Crippen molar-refractivity contribution < 1.29 is 14.2 Å². The Labute approximate surface area is 112 Å². The summed E-state index contributed by atoms with van der Waals surface area (Å²) in [6.07, 6.45) is 2.23. The Morgan fingerprint density at radius 3 is 2.63 bits per heavy atom. The van der Waals surface area contributed by atoms with E-state index in [-0.39, 0.29) is 18.1 Å². The third-order valence-electron chi connectivity index (χ3n) is 2.63. The lowest BCUT2D eigenvalue weighted by molar-refractivity contribution is 0.0641. The molecule has 1 aromatic rings. The topological polar surface area (TPSA) is 78.4 Å². The molecule has 1 fully saturated rings. The number of hydrogen-bond donors (Lipinski definition) is 1. The first kappa shape index (κ1) is 13.8. The van der Waals surface area contributed by atoms with Crippen LogP contribution in [0, 0.1) is 0 Å². The average Bonchev–Trinajstić information content (AvgIpc) is 2.90. The first-order valence-corrected chi connectivity index (χ1v) is 6.69. The van der Waals surface area contributed by atoms with Crippen LogP contribution in [-0.4, -0.2) is 47.4 Å². The molecule has 0 aromatic carbocycles. The highest BCUT2D eigenvalue weighted by Crippen LogP contribution is 2.16. The van der Waals surface area contributed by atoms with E-state index in [4.69, 9.17) is 14.2 Å². The van der Waals surface area contributed by atoms with Crippen LogP contribution in [0.1, 0.15) is 26.7 Å². The van der Waals surface area contributed by atoms with Gasteiger partial charge in [-0.2, -0.15) is 9.97 Å². The van der Waals surface area contributed by atoms with Crippen LogP contribution in [0.25, 0.3) is 0 Å². The van der Waals surface area contributed by atoms with Crippen molar-refractivity contribution in [2.24, 2.45) is 0 Å². The van der Waals surface area contributed by atoms with Crippen molar-refractivity contribution in [3.8, 4) is 12.0 Å². The minimum atomic E-state index is 0.134. The van der Waals surface area contributed by atoms with Crippen LogP contribution in [-0.2, 0) is 4.74 Å². The normalized spacial score (nSPS) is 18.3. The smallest absolute Gasteiger partial charge is 0.324 e. The van der Waals surface area contributed by atoms with E-state index in [9.17, 15) is 0 Å². The van der Waals surface area contributed by atoms with Crippen molar-refractivity contribution in [1.82, 2.24) is 15.0 Å². The van der Waals surface area contributed by atoms with Crippen molar-refractivity contribution in [3.63, 3.8) is 0 Å². The van der Waals surface area contributed by atoms with Crippen LogP contribution >= 0.6 is 0 Å². The van der Waals surface area contributed by atoms with Crippen molar-refractivity contribution in [3.05, 3.63) is 0 Å². The number of ether oxygens (including phenoxy) is 3. The second kappa shape index (κ2) is 7.08. The molecule has 2 rings (SSSR count). The molecule has 1 aliphatic rings. The molecule has 2 heterocycles. The molecule has 1 N–H and O–H groups in total. The molecule has 106 valence electrons. The van der Waals surface area contributed by atoms with Gasteiger partial charge in [-0.15, -0.1) is 4.98 Å². The number of rotatable bonds is 7. The summed E-state index contributed by atoms with van der Waals surface area (Å²) in [6, 6.07) is 0.542. The summed E-state index contributed by atoms with van der Waals surface area (Å²) >= 11 is 0. The van der Waals surface area contributed by atoms with Crippen LogP contribution in [0.2, 0.25) is 0 Å². The maximum Gasteiger partial charge on any atom is 0.324 e. The third-order valence-corrected chi connectivity index (χ3v) is 2.63. The molecule has 7 heteroatoms. The fourth-order valence-electron chi connectivity index (χ4n) is 1.78. The number of aromatic nitrogens is 3. The van der Waals surface area contributed by atoms with E-state index in [0.29, 0.717) is 19.2 Å². The minimum Gasteiger partial charge on any atom is -0.464 e. The Kier molecular flexibility index (Phi) is 5.14. The van der Waals surface area contributed by atoms with Crippen LogP contribution in [0.4, 0.5) is 5.95 Å². The second-order valence-electron chi connectivity index (χ2n) is 4.13. The van der Waals surface area contributed by atoms with Crippen molar-refractivity contribution >= 4 is 5.95 Å². The summed E-state index contributed by atoms with van der Waals surface area (Å²) in [4.78, 5) is 12.4. The minimum absolute atomic E-state index is 0.134. The highest BCUT2D eigenvalue weighted by atomic mass is 16.5. The number of anilines is 1. The Balaban J connectivity index is 1.99. The lowest BCUT2D eigenvalue weighted by Gasteiger charge is -2.11. The maximum atomic E-state index is 5.56. The third kappa shape index (κ3) is 4.20. The van der Waals surface area contributed by atoms with E-state index in [1.54, 1.807) is 0 Å². The Bertz CT molecular complexity index is 372. The first-order chi connectivity index (χ1) is 9.31. The van der Waals surface area contributed by atoms with E-state index in [0.717, 1.165) is 26.0 Å². The van der Waals surface area contributed by atoms with Crippen molar-refractivity contribution in [2.45, 2.75) is 32.8 Å². The van der Waals surface area contributed by atoms with Gasteiger partial charge in [-0.25, -0.2) is 0 Å². The van der Waals surface area contributed by atoms with Crippen molar-refractivity contribution in [1.29, 1.82) is 0 Å². The number of hydrogen-bond acceptors (Lipinski definition) is 7. The summed E-state index contributed by atoms with van der Waals surface area (Å²) in [7, 11) is 0. The Morgan fingerprint density at radius 2 is 2.00 bits per heavy atom. The highest BCUT2D eigenvalue weighted by Gasteiger charge is 2.17.